The summed E-state index contributed by atoms with van der Waals surface area (Å²) in [6.45, 7) is -2.14. The van der Waals surface area contributed by atoms with Crippen molar-refractivity contribution in [3.05, 3.63) is 0 Å². The molecule has 194 valence electrons. The first kappa shape index (κ1) is 27.0. The highest BCUT2D eigenvalue weighted by Gasteiger charge is 2.49. The summed E-state index contributed by atoms with van der Waals surface area (Å²) in [4.78, 5) is 0. The lowest BCUT2D eigenvalue weighted by molar-refractivity contribution is -0.340. The predicted octanol–water partition coefficient (Wildman–Crippen LogP) is -6.89. The first-order valence-electron chi connectivity index (χ1n) is 10.5. The van der Waals surface area contributed by atoms with Crippen LogP contribution in [0.25, 0.3) is 0 Å². The molecule has 14 atom stereocenters. The lowest BCUT2D eigenvalue weighted by Crippen LogP contribution is -2.63. The maximum absolute atomic E-state index is 10.6. The van der Waals surface area contributed by atoms with E-state index in [4.69, 9.17) is 23.7 Å². The van der Waals surface area contributed by atoms with Gasteiger partial charge >= 0.3 is 0 Å². The zero-order valence-electron chi connectivity index (χ0n) is 17.4. The van der Waals surface area contributed by atoms with Gasteiger partial charge < -0.3 is 74.7 Å². The second-order valence-electron chi connectivity index (χ2n) is 8.26. The molecule has 33 heavy (non-hydrogen) atoms. The van der Waals surface area contributed by atoms with Crippen LogP contribution < -0.4 is 0 Å². The highest BCUT2D eigenvalue weighted by molar-refractivity contribution is 4.93. The zero-order valence-corrected chi connectivity index (χ0v) is 17.4. The molecule has 1 unspecified atom stereocenters. The van der Waals surface area contributed by atoms with Crippen LogP contribution in [-0.4, -0.2) is 163 Å². The van der Waals surface area contributed by atoms with Crippen LogP contribution in [0, 0.1) is 0 Å². The molecule has 0 spiro atoms. The van der Waals surface area contributed by atoms with Gasteiger partial charge in [0.2, 0.25) is 0 Å². The molecule has 10 N–H and O–H groups in total. The van der Waals surface area contributed by atoms with Crippen molar-refractivity contribution in [3.63, 3.8) is 0 Å². The maximum atomic E-state index is 10.6. The Labute approximate surface area is 187 Å². The van der Waals surface area contributed by atoms with Crippen LogP contribution >= 0.6 is 0 Å². The molecule has 15 heteroatoms. The van der Waals surface area contributed by atoms with Crippen LogP contribution in [0.5, 0.6) is 0 Å². The second-order valence-corrected chi connectivity index (χ2v) is 8.26. The van der Waals surface area contributed by atoms with Crippen molar-refractivity contribution < 1.29 is 74.7 Å². The molecule has 3 heterocycles. The Morgan fingerprint density at radius 1 is 0.606 bits per heavy atom. The number of ether oxygens (including phenoxy) is 5. The Kier molecular flexibility index (Phi) is 9.35. The number of hydrogen-bond donors (Lipinski definition) is 10. The third-order valence-corrected chi connectivity index (χ3v) is 5.99. The standard InChI is InChI=1S/C18H32O15/c19-1-6-9(22)12(25)14(27)17(31-6)30-4-8-11(24)16(5(21)3-29-8)33-18-15(28)13(26)10(23)7(2-20)32-18/h5-28H,1-4H2/t5-,6?,7-,8-,9-,10-,11-,12+,13+,14+,15+,16-,17+,18-/m1/s1. The Hall–Kier alpha value is -0.600. The Morgan fingerprint density at radius 3 is 1.67 bits per heavy atom. The molecule has 3 saturated heterocycles. The average Bonchev–Trinajstić information content (AvgIpc) is 2.80. The summed E-state index contributed by atoms with van der Waals surface area (Å²) in [7, 11) is 0. The number of aliphatic hydroxyl groups excluding tert-OH is 10. The highest BCUT2D eigenvalue weighted by atomic mass is 16.7. The molecule has 3 aliphatic rings. The summed E-state index contributed by atoms with van der Waals surface area (Å²) in [5.41, 5.74) is 0. The fourth-order valence-corrected chi connectivity index (χ4v) is 3.90. The summed E-state index contributed by atoms with van der Waals surface area (Å²) in [5, 5.41) is 98.8. The fourth-order valence-electron chi connectivity index (χ4n) is 3.90. The molecule has 3 fully saturated rings. The van der Waals surface area contributed by atoms with Gasteiger partial charge in [-0.1, -0.05) is 0 Å². The Bertz CT molecular complexity index is 607. The molecular weight excluding hydrogens is 456 g/mol. The predicted molar refractivity (Wildman–Crippen MR) is 100 cm³/mol. The van der Waals surface area contributed by atoms with Crippen molar-refractivity contribution in [2.75, 3.05) is 26.4 Å². The van der Waals surface area contributed by atoms with E-state index in [-0.39, 0.29) is 6.61 Å². The van der Waals surface area contributed by atoms with Crippen LogP contribution in [0.4, 0.5) is 0 Å². The van der Waals surface area contributed by atoms with Crippen molar-refractivity contribution in [2.45, 2.75) is 85.8 Å². The summed E-state index contributed by atoms with van der Waals surface area (Å²) in [6.07, 6.45) is -21.1. The van der Waals surface area contributed by atoms with Gasteiger partial charge in [0.25, 0.3) is 0 Å². The van der Waals surface area contributed by atoms with Crippen LogP contribution in [0.3, 0.4) is 0 Å². The smallest absolute Gasteiger partial charge is 0.187 e. The van der Waals surface area contributed by atoms with E-state index in [9.17, 15) is 51.1 Å². The largest absolute Gasteiger partial charge is 0.394 e. The average molecular weight is 488 g/mol. The minimum absolute atomic E-state index is 0.345. The molecule has 0 aromatic carbocycles. The van der Waals surface area contributed by atoms with E-state index in [2.05, 4.69) is 0 Å². The molecule has 0 amide bonds. The fraction of sp³-hybridized carbons (Fsp3) is 1.00. The van der Waals surface area contributed by atoms with Crippen LogP contribution in [-0.2, 0) is 23.7 Å². The Balaban J connectivity index is 1.61. The van der Waals surface area contributed by atoms with Gasteiger partial charge in [-0.05, 0) is 0 Å². The van der Waals surface area contributed by atoms with E-state index in [1.165, 1.54) is 0 Å². The van der Waals surface area contributed by atoms with Gasteiger partial charge in [-0.3, -0.25) is 0 Å². The van der Waals surface area contributed by atoms with Gasteiger partial charge in [0, 0.05) is 0 Å². The quantitative estimate of drug-likeness (QED) is 0.160. The van der Waals surface area contributed by atoms with Crippen molar-refractivity contribution >= 4 is 0 Å². The second kappa shape index (κ2) is 11.4. The van der Waals surface area contributed by atoms with Gasteiger partial charge in [-0.2, -0.15) is 0 Å². The topological polar surface area (TPSA) is 248 Å². The van der Waals surface area contributed by atoms with Crippen molar-refractivity contribution in [2.24, 2.45) is 0 Å². The van der Waals surface area contributed by atoms with Gasteiger partial charge in [0.1, 0.15) is 73.2 Å². The minimum Gasteiger partial charge on any atom is -0.394 e. The molecular formula is C18H32O15. The third-order valence-electron chi connectivity index (χ3n) is 5.99. The molecule has 3 rings (SSSR count). The summed E-state index contributed by atoms with van der Waals surface area (Å²) < 4.78 is 26.6. The molecule has 15 nitrogen and oxygen atoms in total. The first-order valence-corrected chi connectivity index (χ1v) is 10.5. The monoisotopic (exact) mass is 488 g/mol. The first-order chi connectivity index (χ1) is 15.6. The SMILES string of the molecule is OCC1O[C@H](OC[C@H]2OC[C@@H](O)[C@@H](O[C@H]3O[C@H](CO)[C@@H](O)[C@H](O)[C@@H]3O)[C@@H]2O)[C@@H](O)[C@@H](O)[C@@H]1O. The van der Waals surface area contributed by atoms with Gasteiger partial charge in [0.05, 0.1) is 26.4 Å². The van der Waals surface area contributed by atoms with Gasteiger partial charge in [0.15, 0.2) is 12.6 Å². The lowest BCUT2D eigenvalue weighted by atomic mass is 9.97. The highest BCUT2D eigenvalue weighted by Crippen LogP contribution is 2.28. The number of rotatable bonds is 7. The van der Waals surface area contributed by atoms with E-state index < -0.39 is 106 Å². The van der Waals surface area contributed by atoms with E-state index in [0.717, 1.165) is 0 Å². The molecule has 0 aliphatic carbocycles. The van der Waals surface area contributed by atoms with Crippen molar-refractivity contribution in [1.82, 2.24) is 0 Å². The van der Waals surface area contributed by atoms with Crippen molar-refractivity contribution in [3.8, 4) is 0 Å². The molecule has 0 aromatic heterocycles. The maximum Gasteiger partial charge on any atom is 0.187 e. The molecule has 0 aromatic rings. The molecule has 0 bridgehead atoms. The summed E-state index contributed by atoms with van der Waals surface area (Å²) >= 11 is 0. The van der Waals surface area contributed by atoms with E-state index in [0.29, 0.717) is 0 Å². The van der Waals surface area contributed by atoms with E-state index in [1.807, 2.05) is 0 Å². The normalized spacial score (nSPS) is 51.5. The van der Waals surface area contributed by atoms with Gasteiger partial charge in [-0.25, -0.2) is 0 Å². The molecule has 0 saturated carbocycles. The van der Waals surface area contributed by atoms with Crippen LogP contribution in [0.15, 0.2) is 0 Å². The summed E-state index contributed by atoms with van der Waals surface area (Å²) in [6, 6.07) is 0. The van der Waals surface area contributed by atoms with Crippen LogP contribution in [0.2, 0.25) is 0 Å². The zero-order chi connectivity index (χ0) is 24.4. The molecule has 0 radical (unpaired) electrons. The van der Waals surface area contributed by atoms with E-state index >= 15 is 0 Å². The number of aliphatic hydroxyl groups is 10. The van der Waals surface area contributed by atoms with Crippen LogP contribution in [0.1, 0.15) is 0 Å². The lowest BCUT2D eigenvalue weighted by Gasteiger charge is -2.44. The number of hydrogen-bond acceptors (Lipinski definition) is 15. The summed E-state index contributed by atoms with van der Waals surface area (Å²) in [5.74, 6) is 0. The molecule has 3 aliphatic heterocycles. The third kappa shape index (κ3) is 5.64. The van der Waals surface area contributed by atoms with Gasteiger partial charge in [-0.15, -0.1) is 0 Å². The Morgan fingerprint density at radius 2 is 1.12 bits per heavy atom. The van der Waals surface area contributed by atoms with Crippen molar-refractivity contribution in [1.29, 1.82) is 0 Å². The minimum atomic E-state index is -1.76. The van der Waals surface area contributed by atoms with E-state index in [1.54, 1.807) is 0 Å².